The fraction of sp³-hybridized carbons (Fsp3) is 0.400. The molecule has 8 nitrogen and oxygen atoms in total. The van der Waals surface area contributed by atoms with Crippen molar-refractivity contribution in [2.75, 3.05) is 25.6 Å². The zero-order chi connectivity index (χ0) is 27.8. The fourth-order valence-electron chi connectivity index (χ4n) is 5.26. The lowest BCUT2D eigenvalue weighted by Gasteiger charge is -2.27. The first-order valence-corrected chi connectivity index (χ1v) is 16.6. The number of rotatable bonds is 13. The maximum Gasteiger partial charge on any atom is 0.222 e. The third-order valence-corrected chi connectivity index (χ3v) is 13.6. The number of methoxy groups -OCH3 is 1. The van der Waals surface area contributed by atoms with Crippen molar-refractivity contribution < 1.29 is 14.3 Å². The summed E-state index contributed by atoms with van der Waals surface area (Å²) in [5, 5.41) is 2.80. The van der Waals surface area contributed by atoms with Crippen LogP contribution in [0.3, 0.4) is 0 Å². The van der Waals surface area contributed by atoms with Gasteiger partial charge in [0, 0.05) is 44.1 Å². The highest BCUT2D eigenvalue weighted by Crippen LogP contribution is 2.40. The van der Waals surface area contributed by atoms with Crippen molar-refractivity contribution in [1.29, 1.82) is 0 Å². The molecule has 4 aromatic heterocycles. The van der Waals surface area contributed by atoms with Gasteiger partial charge in [0.05, 0.1) is 44.3 Å². The van der Waals surface area contributed by atoms with Crippen LogP contribution in [0.4, 0.5) is 5.82 Å². The summed E-state index contributed by atoms with van der Waals surface area (Å²) >= 11 is 0. The van der Waals surface area contributed by atoms with E-state index in [0.29, 0.717) is 24.8 Å². The summed E-state index contributed by atoms with van der Waals surface area (Å²) in [7, 11) is 0.390. The Balaban J connectivity index is 1.78. The number of carbonyl (C=O) groups is 1. The molecule has 0 saturated carbocycles. The minimum absolute atomic E-state index is 0.171. The maximum absolute atomic E-state index is 11.8. The van der Waals surface area contributed by atoms with Gasteiger partial charge in [-0.3, -0.25) is 9.78 Å². The summed E-state index contributed by atoms with van der Waals surface area (Å²) in [5.74, 6) is 0.856. The van der Waals surface area contributed by atoms with E-state index in [2.05, 4.69) is 40.6 Å². The smallest absolute Gasteiger partial charge is 0.222 e. The molecule has 4 aromatic rings. The number of hydrogen-bond donors (Lipinski definition) is 1. The van der Waals surface area contributed by atoms with Crippen LogP contribution in [0.15, 0.2) is 54.9 Å². The van der Waals surface area contributed by atoms with Gasteiger partial charge in [0.2, 0.25) is 11.8 Å². The highest BCUT2D eigenvalue weighted by Gasteiger charge is 2.26. The summed E-state index contributed by atoms with van der Waals surface area (Å²) in [6.07, 6.45) is 3.49. The van der Waals surface area contributed by atoms with E-state index in [4.69, 9.17) is 14.5 Å². The highest BCUT2D eigenvalue weighted by atomic mass is 28.3. The predicted octanol–water partition coefficient (Wildman–Crippen LogP) is 6.65. The molecule has 0 aliphatic carbocycles. The lowest BCUT2D eigenvalue weighted by atomic mass is 10.0. The van der Waals surface area contributed by atoms with Gasteiger partial charge in [-0.05, 0) is 36.4 Å². The second kappa shape index (κ2) is 13.0. The van der Waals surface area contributed by atoms with Crippen molar-refractivity contribution in [3.05, 3.63) is 54.9 Å². The molecule has 39 heavy (non-hydrogen) atoms. The summed E-state index contributed by atoms with van der Waals surface area (Å²) < 4.78 is 14.0. The number of aromatic nitrogens is 4. The molecule has 0 aromatic carbocycles. The Kier molecular flexibility index (Phi) is 9.48. The van der Waals surface area contributed by atoms with Gasteiger partial charge in [-0.2, -0.15) is 0 Å². The Morgan fingerprint density at radius 3 is 2.46 bits per heavy atom. The Labute approximate surface area is 231 Å². The molecule has 4 rings (SSSR count). The third kappa shape index (κ3) is 6.37. The Bertz CT molecular complexity index is 1390. The van der Waals surface area contributed by atoms with Crippen LogP contribution in [0.25, 0.3) is 33.5 Å². The molecule has 0 aliphatic heterocycles. The molecule has 4 heterocycles. The van der Waals surface area contributed by atoms with Crippen LogP contribution in [0.1, 0.15) is 27.7 Å². The van der Waals surface area contributed by atoms with Crippen molar-refractivity contribution in [2.24, 2.45) is 0 Å². The second-order valence-electron chi connectivity index (χ2n) is 9.85. The van der Waals surface area contributed by atoms with E-state index in [1.165, 1.54) is 31.1 Å². The van der Waals surface area contributed by atoms with Crippen molar-refractivity contribution in [3.63, 3.8) is 0 Å². The zero-order valence-electron chi connectivity index (χ0n) is 23.7. The molecule has 206 valence electrons. The molecular weight excluding hydrogens is 506 g/mol. The van der Waals surface area contributed by atoms with Crippen molar-refractivity contribution >= 4 is 30.8 Å². The number of amides is 1. The number of anilines is 1. The molecule has 0 atom stereocenters. The van der Waals surface area contributed by atoms with Gasteiger partial charge in [-0.1, -0.05) is 45.0 Å². The van der Waals surface area contributed by atoms with Gasteiger partial charge in [-0.15, -0.1) is 0 Å². The Morgan fingerprint density at radius 1 is 1.00 bits per heavy atom. The lowest BCUT2D eigenvalue weighted by molar-refractivity contribution is -0.114. The molecule has 1 amide bonds. The zero-order valence-corrected chi connectivity index (χ0v) is 24.7. The number of pyridine rings is 3. The average molecular weight is 546 g/mol. The first-order valence-electron chi connectivity index (χ1n) is 13.8. The van der Waals surface area contributed by atoms with Crippen molar-refractivity contribution in [2.45, 2.75) is 58.4 Å². The maximum atomic E-state index is 11.8. The van der Waals surface area contributed by atoms with E-state index in [1.807, 2.05) is 42.5 Å². The molecule has 0 saturated heterocycles. The van der Waals surface area contributed by atoms with Gasteiger partial charge in [-0.25, -0.2) is 9.97 Å². The van der Waals surface area contributed by atoms with Crippen LogP contribution < -0.4 is 10.1 Å². The van der Waals surface area contributed by atoms with Crippen LogP contribution in [0.2, 0.25) is 24.2 Å². The van der Waals surface area contributed by atoms with Crippen LogP contribution >= 0.6 is 0 Å². The van der Waals surface area contributed by atoms with Gasteiger partial charge >= 0.3 is 0 Å². The molecule has 0 bridgehead atoms. The van der Waals surface area contributed by atoms with E-state index in [1.54, 1.807) is 19.5 Å². The van der Waals surface area contributed by atoms with Crippen LogP contribution in [0.5, 0.6) is 5.88 Å². The molecular formula is C30H39N5O3Si. The monoisotopic (exact) mass is 545 g/mol. The van der Waals surface area contributed by atoms with Crippen molar-refractivity contribution in [1.82, 2.24) is 19.5 Å². The number of carbonyl (C=O) groups excluding carboxylic acids is 1. The minimum Gasteiger partial charge on any atom is -0.481 e. The number of hydrogen-bond acceptors (Lipinski definition) is 6. The Hall–Kier alpha value is -3.56. The van der Waals surface area contributed by atoms with E-state index in [9.17, 15) is 4.79 Å². The van der Waals surface area contributed by atoms with E-state index in [-0.39, 0.29) is 5.91 Å². The number of nitrogens with zero attached hydrogens (tertiary/aromatic N) is 4. The van der Waals surface area contributed by atoms with Crippen LogP contribution in [0, 0.1) is 0 Å². The number of fused-ring (bicyclic) bond motifs is 1. The minimum atomic E-state index is -1.23. The average Bonchev–Trinajstić information content (AvgIpc) is 3.29. The largest absolute Gasteiger partial charge is 0.481 e. The molecule has 0 aliphatic rings. The lowest BCUT2D eigenvalue weighted by Crippen LogP contribution is -2.32. The molecule has 1 N–H and O–H groups in total. The van der Waals surface area contributed by atoms with E-state index >= 15 is 0 Å². The molecule has 0 spiro atoms. The summed E-state index contributed by atoms with van der Waals surface area (Å²) in [4.78, 5) is 25.6. The van der Waals surface area contributed by atoms with Crippen LogP contribution in [-0.2, 0) is 16.1 Å². The first-order chi connectivity index (χ1) is 18.9. The van der Waals surface area contributed by atoms with E-state index in [0.717, 1.165) is 40.2 Å². The first kappa shape index (κ1) is 28.4. The summed E-state index contributed by atoms with van der Waals surface area (Å²) in [6.45, 7) is 10.5. The normalized spacial score (nSPS) is 11.6. The number of nitrogens with one attached hydrogen (secondary N) is 1. The van der Waals surface area contributed by atoms with Crippen molar-refractivity contribution in [3.8, 4) is 28.4 Å². The topological polar surface area (TPSA) is 91.2 Å². The molecule has 0 unspecified atom stereocenters. The predicted molar refractivity (Wildman–Crippen MR) is 160 cm³/mol. The van der Waals surface area contributed by atoms with Gasteiger partial charge in [0.25, 0.3) is 0 Å². The van der Waals surface area contributed by atoms with Gasteiger partial charge in [0.15, 0.2) is 0 Å². The van der Waals surface area contributed by atoms with Gasteiger partial charge < -0.3 is 19.4 Å². The summed E-state index contributed by atoms with van der Waals surface area (Å²) in [6, 6.07) is 18.7. The molecule has 0 radical (unpaired) electrons. The fourth-order valence-corrected chi connectivity index (χ4v) is 8.39. The second-order valence-corrected chi connectivity index (χ2v) is 15.5. The van der Waals surface area contributed by atoms with Gasteiger partial charge in [0.1, 0.15) is 11.3 Å². The van der Waals surface area contributed by atoms with Crippen LogP contribution in [-0.4, -0.2) is 53.8 Å². The number of ether oxygens (including phenoxy) is 2. The summed E-state index contributed by atoms with van der Waals surface area (Å²) in [5.41, 5.74) is 5.32. The quantitative estimate of drug-likeness (QED) is 0.149. The molecule has 0 fully saturated rings. The third-order valence-electron chi connectivity index (χ3n) is 7.84. The van der Waals surface area contributed by atoms with E-state index < -0.39 is 8.07 Å². The molecule has 9 heteroatoms. The standard InChI is InChI=1S/C30H39N5O3Si/c1-6-39(7-2,8-3)20-19-38-18-17-35-25-12-13-27(37-5)34-29(25)28(24-11-9-10-15-31-24)30(35)23-14-16-32-26(21-23)33-22(4)36/h9-16,21H,6-8,17-20H2,1-5H3,(H,32,33,36). The highest BCUT2D eigenvalue weighted by molar-refractivity contribution is 6.79. The Morgan fingerprint density at radius 2 is 1.79 bits per heavy atom. The SMILES string of the molecule is CC[Si](CC)(CC)CCOCCn1c(-c2ccnc(NC(C)=O)c2)c(-c2ccccn2)c2nc(OC)ccc21.